The summed E-state index contributed by atoms with van der Waals surface area (Å²) < 4.78 is 2.16. The third-order valence-electron chi connectivity index (χ3n) is 6.65. The zero-order valence-electron chi connectivity index (χ0n) is 21.1. The van der Waals surface area contributed by atoms with E-state index < -0.39 is 11.8 Å². The zero-order chi connectivity index (χ0) is 27.6. The lowest BCUT2D eigenvalue weighted by molar-refractivity contribution is -0.122. The lowest BCUT2D eigenvalue weighted by Gasteiger charge is -2.29. The van der Waals surface area contributed by atoms with Crippen molar-refractivity contribution in [2.45, 2.75) is 0 Å². The van der Waals surface area contributed by atoms with Gasteiger partial charge >= 0.3 is 0 Å². The molecule has 5 aromatic rings. The summed E-state index contributed by atoms with van der Waals surface area (Å²) in [6.45, 7) is 0. The first-order valence-electron chi connectivity index (χ1n) is 12.6. The van der Waals surface area contributed by atoms with E-state index in [0.717, 1.165) is 33.8 Å². The SMILES string of the molecule is O=C1NC(=S)N(c2ccc(Cl)cc2)C(=O)C1=Cc1cc(-c2ccccc2)n(-c2ccccc2)c1-c1ccccc1. The molecule has 0 unspecified atom stereocenters. The van der Waals surface area contributed by atoms with Crippen molar-refractivity contribution in [1.82, 2.24) is 9.88 Å². The molecule has 0 aliphatic carbocycles. The zero-order valence-corrected chi connectivity index (χ0v) is 22.7. The van der Waals surface area contributed by atoms with Gasteiger partial charge in [-0.25, -0.2) is 0 Å². The van der Waals surface area contributed by atoms with E-state index in [9.17, 15) is 9.59 Å². The molecule has 6 rings (SSSR count). The minimum Gasteiger partial charge on any atom is -0.309 e. The first-order chi connectivity index (χ1) is 19.5. The van der Waals surface area contributed by atoms with Crippen LogP contribution in [0.5, 0.6) is 0 Å². The number of thiocarbonyl (C=S) groups is 1. The van der Waals surface area contributed by atoms with Crippen LogP contribution in [0.15, 0.2) is 127 Å². The van der Waals surface area contributed by atoms with Crippen molar-refractivity contribution in [3.05, 3.63) is 137 Å². The Hall–Kier alpha value is -4.78. The molecule has 4 aromatic carbocycles. The van der Waals surface area contributed by atoms with Gasteiger partial charge in [-0.1, -0.05) is 90.5 Å². The summed E-state index contributed by atoms with van der Waals surface area (Å²) in [7, 11) is 0. The molecule has 1 aliphatic rings. The minimum absolute atomic E-state index is 0.0181. The maximum Gasteiger partial charge on any atom is 0.270 e. The predicted octanol–water partition coefficient (Wildman–Crippen LogP) is 7.30. The van der Waals surface area contributed by atoms with Crippen LogP contribution in [0.1, 0.15) is 5.56 Å². The van der Waals surface area contributed by atoms with Crippen molar-refractivity contribution in [3.8, 4) is 28.2 Å². The van der Waals surface area contributed by atoms with Gasteiger partial charge in [-0.15, -0.1) is 0 Å². The number of benzene rings is 4. The number of hydrogen-bond acceptors (Lipinski definition) is 3. The molecule has 40 heavy (non-hydrogen) atoms. The topological polar surface area (TPSA) is 54.3 Å². The highest BCUT2D eigenvalue weighted by molar-refractivity contribution is 7.80. The second-order valence-corrected chi connectivity index (χ2v) is 9.99. The van der Waals surface area contributed by atoms with Crippen LogP contribution in [0.25, 0.3) is 34.3 Å². The highest BCUT2D eigenvalue weighted by Gasteiger charge is 2.35. The van der Waals surface area contributed by atoms with E-state index >= 15 is 0 Å². The average Bonchev–Trinajstić information content (AvgIpc) is 3.37. The number of carbonyl (C=O) groups is 2. The first kappa shape index (κ1) is 25.5. The van der Waals surface area contributed by atoms with Crippen LogP contribution in [-0.2, 0) is 9.59 Å². The lowest BCUT2D eigenvalue weighted by Crippen LogP contribution is -2.54. The summed E-state index contributed by atoms with van der Waals surface area (Å²) in [6.07, 6.45) is 1.65. The Morgan fingerprint density at radius 2 is 1.27 bits per heavy atom. The molecule has 0 saturated carbocycles. The van der Waals surface area contributed by atoms with E-state index in [-0.39, 0.29) is 10.7 Å². The number of nitrogens with one attached hydrogen (secondary N) is 1. The normalized spacial score (nSPS) is 14.5. The molecule has 5 nitrogen and oxygen atoms in total. The van der Waals surface area contributed by atoms with E-state index in [1.807, 2.05) is 97.1 Å². The number of aromatic nitrogens is 1. The molecule has 1 fully saturated rings. The van der Waals surface area contributed by atoms with E-state index in [0.29, 0.717) is 10.7 Å². The number of rotatable bonds is 5. The van der Waals surface area contributed by atoms with E-state index in [1.54, 1.807) is 30.3 Å². The molecule has 1 aromatic heterocycles. The number of carbonyl (C=O) groups excluding carboxylic acids is 2. The molecule has 1 saturated heterocycles. The molecule has 0 bridgehead atoms. The fraction of sp³-hybridized carbons (Fsp3) is 0. The van der Waals surface area contributed by atoms with Crippen molar-refractivity contribution >= 4 is 52.5 Å². The van der Waals surface area contributed by atoms with Crippen molar-refractivity contribution in [2.75, 3.05) is 4.90 Å². The second kappa shape index (κ2) is 10.8. The summed E-state index contributed by atoms with van der Waals surface area (Å²) in [4.78, 5) is 28.3. The molecule has 194 valence electrons. The largest absolute Gasteiger partial charge is 0.309 e. The number of anilines is 1. The fourth-order valence-corrected chi connectivity index (χ4v) is 5.24. The highest BCUT2D eigenvalue weighted by Crippen LogP contribution is 2.37. The molecule has 2 amide bonds. The number of hydrogen-bond donors (Lipinski definition) is 1. The maximum absolute atomic E-state index is 13.8. The van der Waals surface area contributed by atoms with Gasteiger partial charge in [-0.05, 0) is 71.9 Å². The van der Waals surface area contributed by atoms with E-state index in [1.165, 1.54) is 4.90 Å². The second-order valence-electron chi connectivity index (χ2n) is 9.17. The smallest absolute Gasteiger partial charge is 0.270 e. The van der Waals surface area contributed by atoms with Crippen molar-refractivity contribution < 1.29 is 9.59 Å². The van der Waals surface area contributed by atoms with Gasteiger partial charge in [0.25, 0.3) is 11.8 Å². The van der Waals surface area contributed by atoms with Crippen molar-refractivity contribution in [2.24, 2.45) is 0 Å². The van der Waals surface area contributed by atoms with Gasteiger partial charge in [0.05, 0.1) is 17.1 Å². The Balaban J connectivity index is 1.59. The van der Waals surface area contributed by atoms with Crippen molar-refractivity contribution in [1.29, 1.82) is 0 Å². The molecule has 0 spiro atoms. The molecule has 0 atom stereocenters. The summed E-state index contributed by atoms with van der Waals surface area (Å²) in [6, 6.07) is 38.7. The third kappa shape index (κ3) is 4.75. The predicted molar refractivity (Wildman–Crippen MR) is 164 cm³/mol. The molecule has 1 N–H and O–H groups in total. The molecular formula is C33H22ClN3O2S. The molecule has 0 radical (unpaired) electrons. The number of amides is 2. The van der Waals surface area contributed by atoms with Gasteiger partial charge in [0, 0.05) is 16.3 Å². The summed E-state index contributed by atoms with van der Waals surface area (Å²) >= 11 is 11.4. The Morgan fingerprint density at radius 3 is 1.90 bits per heavy atom. The van der Waals surface area contributed by atoms with Crippen LogP contribution in [-0.4, -0.2) is 21.5 Å². The molecule has 7 heteroatoms. The van der Waals surface area contributed by atoms with Crippen molar-refractivity contribution in [3.63, 3.8) is 0 Å². The van der Waals surface area contributed by atoms with Crippen LogP contribution < -0.4 is 10.2 Å². The fourth-order valence-electron chi connectivity index (χ4n) is 4.84. The van der Waals surface area contributed by atoms with E-state index in [2.05, 4.69) is 9.88 Å². The standard InChI is InChI=1S/C33H22ClN3O2S/c34-25-16-18-27(19-17-25)37-32(39)28(31(38)35-33(37)40)20-24-21-29(22-10-4-1-5-11-22)36(26-14-8-3-9-15-26)30(24)23-12-6-2-7-13-23/h1-21H,(H,35,38,40). The van der Waals surface area contributed by atoms with Crippen LogP contribution in [0.4, 0.5) is 5.69 Å². The Morgan fingerprint density at radius 1 is 0.700 bits per heavy atom. The molecule has 2 heterocycles. The van der Waals surface area contributed by atoms with Gasteiger partial charge in [-0.2, -0.15) is 0 Å². The van der Waals surface area contributed by atoms with Gasteiger partial charge in [0.1, 0.15) is 5.57 Å². The van der Waals surface area contributed by atoms with Crippen LogP contribution >= 0.6 is 23.8 Å². The highest BCUT2D eigenvalue weighted by atomic mass is 35.5. The number of nitrogens with zero attached hydrogens (tertiary/aromatic N) is 2. The number of para-hydroxylation sites is 1. The van der Waals surface area contributed by atoms with Crippen LogP contribution in [0.3, 0.4) is 0 Å². The van der Waals surface area contributed by atoms with Gasteiger partial charge in [0.2, 0.25) is 0 Å². The molecular weight excluding hydrogens is 538 g/mol. The third-order valence-corrected chi connectivity index (χ3v) is 7.18. The molecule has 1 aliphatic heterocycles. The summed E-state index contributed by atoms with van der Waals surface area (Å²) in [5, 5.41) is 3.22. The quantitative estimate of drug-likeness (QED) is 0.140. The van der Waals surface area contributed by atoms with Gasteiger partial charge < -0.3 is 4.57 Å². The Labute approximate surface area is 242 Å². The maximum atomic E-state index is 13.8. The summed E-state index contributed by atoms with van der Waals surface area (Å²) in [5.41, 5.74) is 5.87. The monoisotopic (exact) mass is 559 g/mol. The van der Waals surface area contributed by atoms with E-state index in [4.69, 9.17) is 23.8 Å². The lowest BCUT2D eigenvalue weighted by atomic mass is 10.0. The van der Waals surface area contributed by atoms with Gasteiger partial charge in [-0.3, -0.25) is 19.8 Å². The minimum atomic E-state index is -0.548. The van der Waals surface area contributed by atoms with Crippen LogP contribution in [0, 0.1) is 0 Å². The Kier molecular flexibility index (Phi) is 6.86. The van der Waals surface area contributed by atoms with Crippen LogP contribution in [0.2, 0.25) is 5.02 Å². The Bertz CT molecular complexity index is 1760. The van der Waals surface area contributed by atoms with Gasteiger partial charge in [0.15, 0.2) is 5.11 Å². The average molecular weight is 560 g/mol. The summed E-state index contributed by atoms with van der Waals surface area (Å²) in [5.74, 6) is -1.06. The number of halogens is 1. The first-order valence-corrected chi connectivity index (χ1v) is 13.4.